The minimum Gasteiger partial charge on any atom is -0.477 e. The van der Waals surface area contributed by atoms with Crippen molar-refractivity contribution in [1.82, 2.24) is 4.98 Å². The van der Waals surface area contributed by atoms with Gasteiger partial charge in [0.2, 0.25) is 0 Å². The van der Waals surface area contributed by atoms with Crippen molar-refractivity contribution >= 4 is 28.5 Å². The second kappa shape index (κ2) is 8.44. The van der Waals surface area contributed by atoms with Crippen molar-refractivity contribution in [1.29, 1.82) is 0 Å². The lowest BCUT2D eigenvalue weighted by Gasteiger charge is -2.19. The van der Waals surface area contributed by atoms with Gasteiger partial charge >= 0.3 is 12.1 Å². The highest BCUT2D eigenvalue weighted by Gasteiger charge is 2.23. The molecule has 2 aromatic rings. The molecule has 0 aliphatic rings. The van der Waals surface area contributed by atoms with Gasteiger partial charge in [-0.1, -0.05) is 55.0 Å². The summed E-state index contributed by atoms with van der Waals surface area (Å²) in [7, 11) is 0. The van der Waals surface area contributed by atoms with Crippen LogP contribution in [0.1, 0.15) is 40.7 Å². The summed E-state index contributed by atoms with van der Waals surface area (Å²) in [6, 6.07) is 9.40. The molecule has 1 amide bonds. The molecule has 0 bridgehead atoms. The van der Waals surface area contributed by atoms with Crippen molar-refractivity contribution in [3.8, 4) is 0 Å². The minimum absolute atomic E-state index is 0.141. The van der Waals surface area contributed by atoms with Crippen molar-refractivity contribution < 1.29 is 19.4 Å². The van der Waals surface area contributed by atoms with E-state index in [1.807, 2.05) is 37.3 Å². The van der Waals surface area contributed by atoms with Gasteiger partial charge in [-0.25, -0.2) is 14.6 Å². The van der Waals surface area contributed by atoms with Crippen molar-refractivity contribution in [2.45, 2.75) is 33.3 Å². The topological polar surface area (TPSA) is 79.7 Å². The van der Waals surface area contributed by atoms with E-state index >= 15 is 0 Å². The predicted molar refractivity (Wildman–Crippen MR) is 92.7 cm³/mol. The van der Waals surface area contributed by atoms with Gasteiger partial charge in [-0.3, -0.25) is 4.90 Å². The molecule has 0 atom stereocenters. The van der Waals surface area contributed by atoms with E-state index in [0.29, 0.717) is 17.4 Å². The SMILES string of the molecule is CCCCN(C(=O)OCc1ccccc1)c1nc(C)c(C(=O)O)s1. The highest BCUT2D eigenvalue weighted by atomic mass is 32.1. The molecule has 0 aliphatic heterocycles. The van der Waals surface area contributed by atoms with Gasteiger partial charge in [0.05, 0.1) is 5.69 Å². The quantitative estimate of drug-likeness (QED) is 0.815. The third kappa shape index (κ3) is 4.55. The molecule has 2 rings (SSSR count). The molecule has 1 aromatic carbocycles. The molecule has 7 heteroatoms. The van der Waals surface area contributed by atoms with Gasteiger partial charge in [-0.05, 0) is 18.9 Å². The molecule has 0 aliphatic carbocycles. The van der Waals surface area contributed by atoms with E-state index in [1.54, 1.807) is 6.92 Å². The molecule has 1 aromatic heterocycles. The van der Waals surface area contributed by atoms with Crippen molar-refractivity contribution in [3.63, 3.8) is 0 Å². The van der Waals surface area contributed by atoms with Crippen molar-refractivity contribution in [2.75, 3.05) is 11.4 Å². The number of thiazole rings is 1. The van der Waals surface area contributed by atoms with Crippen LogP contribution in [0.2, 0.25) is 0 Å². The predicted octanol–water partition coefficient (Wildman–Crippen LogP) is 4.09. The number of aryl methyl sites for hydroxylation is 1. The number of aromatic nitrogens is 1. The second-order valence-corrected chi connectivity index (χ2v) is 6.24. The maximum atomic E-state index is 12.4. The maximum Gasteiger partial charge on any atom is 0.416 e. The Balaban J connectivity index is 2.13. The van der Waals surface area contributed by atoms with Gasteiger partial charge in [0.1, 0.15) is 11.5 Å². The summed E-state index contributed by atoms with van der Waals surface area (Å²) < 4.78 is 5.36. The summed E-state index contributed by atoms with van der Waals surface area (Å²) in [6.07, 6.45) is 1.16. The molecule has 0 unspecified atom stereocenters. The molecule has 6 nitrogen and oxygen atoms in total. The summed E-state index contributed by atoms with van der Waals surface area (Å²) in [4.78, 5) is 29.4. The van der Waals surface area contributed by atoms with Crippen LogP contribution in [0, 0.1) is 6.92 Å². The largest absolute Gasteiger partial charge is 0.477 e. The van der Waals surface area contributed by atoms with Gasteiger partial charge in [0.25, 0.3) is 0 Å². The smallest absolute Gasteiger partial charge is 0.416 e. The average molecular weight is 348 g/mol. The third-order valence-electron chi connectivity index (χ3n) is 3.37. The summed E-state index contributed by atoms with van der Waals surface area (Å²) in [5.41, 5.74) is 1.29. The van der Waals surface area contributed by atoms with E-state index in [0.717, 1.165) is 29.7 Å². The van der Waals surface area contributed by atoms with Gasteiger partial charge in [0, 0.05) is 6.54 Å². The Hall–Kier alpha value is -2.41. The number of hydrogen-bond donors (Lipinski definition) is 1. The van der Waals surface area contributed by atoms with Crippen molar-refractivity contribution in [2.24, 2.45) is 0 Å². The number of nitrogens with zero attached hydrogens (tertiary/aromatic N) is 2. The van der Waals surface area contributed by atoms with Crippen LogP contribution in [0.15, 0.2) is 30.3 Å². The lowest BCUT2D eigenvalue weighted by Crippen LogP contribution is -2.32. The number of carbonyl (C=O) groups is 2. The summed E-state index contributed by atoms with van der Waals surface area (Å²) >= 11 is 0.991. The molecule has 24 heavy (non-hydrogen) atoms. The molecular formula is C17H20N2O4S. The third-order valence-corrected chi connectivity index (χ3v) is 4.54. The first-order chi connectivity index (χ1) is 11.5. The number of anilines is 1. The molecule has 1 heterocycles. The molecule has 1 N–H and O–H groups in total. The first kappa shape index (κ1) is 17.9. The molecule has 0 fully saturated rings. The Morgan fingerprint density at radius 2 is 2.00 bits per heavy atom. The standard InChI is InChI=1S/C17H20N2O4S/c1-3-4-10-19(16-18-12(2)14(24-16)15(20)21)17(22)23-11-13-8-6-5-7-9-13/h5-9H,3-4,10-11H2,1-2H3,(H,20,21). The normalized spacial score (nSPS) is 10.4. The minimum atomic E-state index is -1.04. The second-order valence-electron chi connectivity index (χ2n) is 5.26. The molecule has 0 saturated heterocycles. The van der Waals surface area contributed by atoms with Crippen molar-refractivity contribution in [3.05, 3.63) is 46.5 Å². The number of hydrogen-bond acceptors (Lipinski definition) is 5. The van der Waals surface area contributed by atoms with E-state index in [1.165, 1.54) is 4.90 Å². The van der Waals surface area contributed by atoms with Gasteiger partial charge in [0.15, 0.2) is 5.13 Å². The lowest BCUT2D eigenvalue weighted by atomic mass is 10.2. The van der Waals surface area contributed by atoms with Crippen LogP contribution < -0.4 is 4.90 Å². The molecular weight excluding hydrogens is 328 g/mol. The lowest BCUT2D eigenvalue weighted by molar-refractivity contribution is 0.0701. The highest BCUT2D eigenvalue weighted by molar-refractivity contribution is 7.17. The number of ether oxygens (including phenoxy) is 1. The number of carbonyl (C=O) groups excluding carboxylic acids is 1. The van der Waals surface area contributed by atoms with E-state index < -0.39 is 12.1 Å². The van der Waals surface area contributed by atoms with Gasteiger partial charge in [-0.2, -0.15) is 0 Å². The molecule has 0 spiro atoms. The number of rotatable bonds is 7. The van der Waals surface area contributed by atoms with Crippen LogP contribution >= 0.6 is 11.3 Å². The number of benzene rings is 1. The van der Waals surface area contributed by atoms with Crippen LogP contribution in [-0.2, 0) is 11.3 Å². The number of aromatic carboxylic acids is 1. The summed E-state index contributed by atoms with van der Waals surface area (Å²) in [5.74, 6) is -1.04. The Labute approximate surface area is 144 Å². The Morgan fingerprint density at radius 3 is 2.58 bits per heavy atom. The zero-order valence-corrected chi connectivity index (χ0v) is 14.5. The molecule has 0 radical (unpaired) electrons. The first-order valence-corrected chi connectivity index (χ1v) is 8.53. The van der Waals surface area contributed by atoms with Crippen LogP contribution in [0.4, 0.5) is 9.93 Å². The van der Waals surface area contributed by atoms with Crippen LogP contribution in [-0.4, -0.2) is 28.7 Å². The number of amides is 1. The number of carboxylic acid groups (broad SMARTS) is 1. The number of carboxylic acids is 1. The monoisotopic (exact) mass is 348 g/mol. The van der Waals surface area contributed by atoms with Gasteiger partial charge < -0.3 is 9.84 Å². The molecule has 0 saturated carbocycles. The summed E-state index contributed by atoms with van der Waals surface area (Å²) in [6.45, 7) is 4.24. The molecule has 128 valence electrons. The van der Waals surface area contributed by atoms with E-state index in [9.17, 15) is 9.59 Å². The van der Waals surface area contributed by atoms with E-state index in [-0.39, 0.29) is 11.5 Å². The Bertz CT molecular complexity index is 700. The maximum absolute atomic E-state index is 12.4. The van der Waals surface area contributed by atoms with Gasteiger partial charge in [-0.15, -0.1) is 0 Å². The summed E-state index contributed by atoms with van der Waals surface area (Å²) in [5, 5.41) is 9.52. The fourth-order valence-electron chi connectivity index (χ4n) is 2.07. The van der Waals surface area contributed by atoms with E-state index in [2.05, 4.69) is 4.98 Å². The van der Waals surface area contributed by atoms with Crippen LogP contribution in [0.5, 0.6) is 0 Å². The zero-order chi connectivity index (χ0) is 17.5. The highest BCUT2D eigenvalue weighted by Crippen LogP contribution is 2.27. The Kier molecular flexibility index (Phi) is 6.31. The average Bonchev–Trinajstić information content (AvgIpc) is 2.96. The fraction of sp³-hybridized carbons (Fsp3) is 0.353. The zero-order valence-electron chi connectivity index (χ0n) is 13.7. The Morgan fingerprint density at radius 1 is 1.29 bits per heavy atom. The van der Waals surface area contributed by atoms with E-state index in [4.69, 9.17) is 9.84 Å². The number of unbranched alkanes of at least 4 members (excludes halogenated alkanes) is 1. The first-order valence-electron chi connectivity index (χ1n) is 7.71. The van der Waals surface area contributed by atoms with Crippen LogP contribution in [0.3, 0.4) is 0 Å². The van der Waals surface area contributed by atoms with Crippen LogP contribution in [0.25, 0.3) is 0 Å². The fourth-order valence-corrected chi connectivity index (χ4v) is 3.00.